The quantitative estimate of drug-likeness (QED) is 0.904. The molecule has 2 heterocycles. The second-order valence-electron chi connectivity index (χ2n) is 5.76. The Kier molecular flexibility index (Phi) is 3.56. The van der Waals surface area contributed by atoms with Gasteiger partial charge in [-0.3, -0.25) is 4.79 Å². The van der Waals surface area contributed by atoms with E-state index in [0.29, 0.717) is 5.92 Å². The first-order valence-electron chi connectivity index (χ1n) is 7.41. The van der Waals surface area contributed by atoms with Gasteiger partial charge in [-0.05, 0) is 49.9 Å². The topological polar surface area (TPSA) is 32.3 Å². The van der Waals surface area contributed by atoms with E-state index in [1.807, 2.05) is 18.2 Å². The van der Waals surface area contributed by atoms with Crippen molar-refractivity contribution >= 4 is 11.6 Å². The Morgan fingerprint density at radius 3 is 3.05 bits per heavy atom. The standard InChI is InChI=1S/C16H22N2O/c1-2-9-18-10-5-6-12(11-18)15-13-7-3-4-8-14(13)17-16(15)19/h3-4,7-8,12,15H,2,5-6,9-11H2,1H3,(H,17,19). The number of para-hydroxylation sites is 1. The summed E-state index contributed by atoms with van der Waals surface area (Å²) in [5.41, 5.74) is 2.22. The van der Waals surface area contributed by atoms with E-state index in [9.17, 15) is 4.79 Å². The second kappa shape index (κ2) is 5.33. The number of amides is 1. The molecule has 0 radical (unpaired) electrons. The number of piperidine rings is 1. The van der Waals surface area contributed by atoms with Gasteiger partial charge in [0.1, 0.15) is 0 Å². The summed E-state index contributed by atoms with van der Waals surface area (Å²) in [5.74, 6) is 0.740. The van der Waals surface area contributed by atoms with E-state index < -0.39 is 0 Å². The number of nitrogens with zero attached hydrogens (tertiary/aromatic N) is 1. The van der Waals surface area contributed by atoms with Crippen LogP contribution in [0.3, 0.4) is 0 Å². The molecule has 19 heavy (non-hydrogen) atoms. The number of hydrogen-bond donors (Lipinski definition) is 1. The Morgan fingerprint density at radius 2 is 2.21 bits per heavy atom. The summed E-state index contributed by atoms with van der Waals surface area (Å²) in [6.07, 6.45) is 3.59. The first kappa shape index (κ1) is 12.7. The zero-order valence-corrected chi connectivity index (χ0v) is 11.6. The van der Waals surface area contributed by atoms with E-state index in [4.69, 9.17) is 0 Å². The molecule has 2 unspecified atom stereocenters. The summed E-state index contributed by atoms with van der Waals surface area (Å²) < 4.78 is 0. The predicted molar refractivity (Wildman–Crippen MR) is 77.3 cm³/mol. The van der Waals surface area contributed by atoms with E-state index in [0.717, 1.165) is 18.8 Å². The molecule has 0 saturated carbocycles. The Hall–Kier alpha value is -1.35. The molecule has 0 aliphatic carbocycles. The van der Waals surface area contributed by atoms with Crippen molar-refractivity contribution in [2.24, 2.45) is 5.92 Å². The molecule has 2 aliphatic rings. The fraction of sp³-hybridized carbons (Fsp3) is 0.562. The fourth-order valence-corrected chi connectivity index (χ4v) is 3.58. The van der Waals surface area contributed by atoms with Crippen LogP contribution in [0.1, 0.15) is 37.7 Å². The van der Waals surface area contributed by atoms with E-state index in [1.54, 1.807) is 0 Å². The normalized spacial score (nSPS) is 27.1. The van der Waals surface area contributed by atoms with Crippen LogP contribution in [0.25, 0.3) is 0 Å². The summed E-state index contributed by atoms with van der Waals surface area (Å²) in [5, 5.41) is 3.03. The molecule has 1 aromatic rings. The average Bonchev–Trinajstić information content (AvgIpc) is 2.75. The van der Waals surface area contributed by atoms with Crippen molar-refractivity contribution < 1.29 is 4.79 Å². The van der Waals surface area contributed by atoms with Crippen LogP contribution in [0.5, 0.6) is 0 Å². The lowest BCUT2D eigenvalue weighted by Gasteiger charge is -2.34. The zero-order valence-electron chi connectivity index (χ0n) is 11.6. The van der Waals surface area contributed by atoms with Gasteiger partial charge in [-0.25, -0.2) is 0 Å². The number of carbonyl (C=O) groups excluding carboxylic acids is 1. The van der Waals surface area contributed by atoms with Gasteiger partial charge in [-0.1, -0.05) is 25.1 Å². The van der Waals surface area contributed by atoms with Crippen LogP contribution in [-0.2, 0) is 4.79 Å². The van der Waals surface area contributed by atoms with Crippen molar-refractivity contribution in [3.8, 4) is 0 Å². The molecule has 1 saturated heterocycles. The molecule has 1 aromatic carbocycles. The molecule has 2 aliphatic heterocycles. The summed E-state index contributed by atoms with van der Waals surface area (Å²) in [4.78, 5) is 14.8. The first-order valence-corrected chi connectivity index (χ1v) is 7.41. The Labute approximate surface area is 115 Å². The number of fused-ring (bicyclic) bond motifs is 1. The fourth-order valence-electron chi connectivity index (χ4n) is 3.58. The molecule has 0 aromatic heterocycles. The van der Waals surface area contributed by atoms with Gasteiger partial charge in [0.15, 0.2) is 0 Å². The summed E-state index contributed by atoms with van der Waals surface area (Å²) in [6.45, 7) is 5.65. The van der Waals surface area contributed by atoms with Crippen LogP contribution >= 0.6 is 0 Å². The van der Waals surface area contributed by atoms with Crippen molar-refractivity contribution in [3.05, 3.63) is 29.8 Å². The van der Waals surface area contributed by atoms with Crippen molar-refractivity contribution in [1.29, 1.82) is 0 Å². The maximum Gasteiger partial charge on any atom is 0.232 e. The third-order valence-electron chi connectivity index (χ3n) is 4.39. The van der Waals surface area contributed by atoms with Gasteiger partial charge in [0.25, 0.3) is 0 Å². The number of rotatable bonds is 3. The predicted octanol–water partition coefficient (Wildman–Crippen LogP) is 2.84. The number of carbonyl (C=O) groups is 1. The SMILES string of the molecule is CCCN1CCCC(C2C(=O)Nc3ccccc32)C1. The monoisotopic (exact) mass is 258 g/mol. The van der Waals surface area contributed by atoms with Gasteiger partial charge in [-0.2, -0.15) is 0 Å². The van der Waals surface area contributed by atoms with E-state index in [2.05, 4.69) is 23.2 Å². The maximum absolute atomic E-state index is 12.3. The van der Waals surface area contributed by atoms with Crippen molar-refractivity contribution in [1.82, 2.24) is 4.90 Å². The minimum absolute atomic E-state index is 0.0656. The Balaban J connectivity index is 1.80. The number of anilines is 1. The van der Waals surface area contributed by atoms with Crippen LogP contribution in [0.4, 0.5) is 5.69 Å². The van der Waals surface area contributed by atoms with E-state index in [-0.39, 0.29) is 11.8 Å². The van der Waals surface area contributed by atoms with Crippen LogP contribution in [-0.4, -0.2) is 30.4 Å². The van der Waals surface area contributed by atoms with Gasteiger partial charge in [-0.15, -0.1) is 0 Å². The lowest BCUT2D eigenvalue weighted by molar-refractivity contribution is -0.118. The highest BCUT2D eigenvalue weighted by Gasteiger charge is 2.38. The third kappa shape index (κ3) is 2.39. The molecule has 3 rings (SSSR count). The molecule has 3 heteroatoms. The molecule has 0 spiro atoms. The summed E-state index contributed by atoms with van der Waals surface area (Å²) in [7, 11) is 0. The molecule has 102 valence electrons. The van der Waals surface area contributed by atoms with E-state index in [1.165, 1.54) is 31.4 Å². The largest absolute Gasteiger partial charge is 0.325 e. The molecule has 1 amide bonds. The van der Waals surface area contributed by atoms with Crippen molar-refractivity contribution in [2.75, 3.05) is 25.0 Å². The zero-order chi connectivity index (χ0) is 13.2. The average molecular weight is 258 g/mol. The second-order valence-corrected chi connectivity index (χ2v) is 5.76. The molecule has 2 atom stereocenters. The molecule has 3 nitrogen and oxygen atoms in total. The Morgan fingerprint density at radius 1 is 1.37 bits per heavy atom. The minimum Gasteiger partial charge on any atom is -0.325 e. The lowest BCUT2D eigenvalue weighted by atomic mass is 9.82. The number of benzene rings is 1. The van der Waals surface area contributed by atoms with Crippen molar-refractivity contribution in [2.45, 2.75) is 32.1 Å². The van der Waals surface area contributed by atoms with Gasteiger partial charge >= 0.3 is 0 Å². The highest BCUT2D eigenvalue weighted by atomic mass is 16.2. The van der Waals surface area contributed by atoms with Crippen molar-refractivity contribution in [3.63, 3.8) is 0 Å². The summed E-state index contributed by atoms with van der Waals surface area (Å²) >= 11 is 0. The van der Waals surface area contributed by atoms with E-state index >= 15 is 0 Å². The van der Waals surface area contributed by atoms with Crippen LogP contribution in [0.2, 0.25) is 0 Å². The molecule has 0 bridgehead atoms. The number of nitrogens with one attached hydrogen (secondary N) is 1. The first-order chi connectivity index (χ1) is 9.29. The van der Waals surface area contributed by atoms with Gasteiger partial charge < -0.3 is 10.2 Å². The third-order valence-corrected chi connectivity index (χ3v) is 4.39. The molecule has 1 fully saturated rings. The van der Waals surface area contributed by atoms with Gasteiger partial charge in [0, 0.05) is 12.2 Å². The highest BCUT2D eigenvalue weighted by molar-refractivity contribution is 6.03. The van der Waals surface area contributed by atoms with Gasteiger partial charge in [0.2, 0.25) is 5.91 Å². The molecular weight excluding hydrogens is 236 g/mol. The van der Waals surface area contributed by atoms with Crippen LogP contribution in [0, 0.1) is 5.92 Å². The smallest absolute Gasteiger partial charge is 0.232 e. The Bertz CT molecular complexity index is 470. The van der Waals surface area contributed by atoms with Gasteiger partial charge in [0.05, 0.1) is 5.92 Å². The van der Waals surface area contributed by atoms with Crippen LogP contribution < -0.4 is 5.32 Å². The maximum atomic E-state index is 12.3. The van der Waals surface area contributed by atoms with Crippen LogP contribution in [0.15, 0.2) is 24.3 Å². The number of likely N-dealkylation sites (tertiary alicyclic amines) is 1. The lowest BCUT2D eigenvalue weighted by Crippen LogP contribution is -2.39. The number of hydrogen-bond acceptors (Lipinski definition) is 2. The highest BCUT2D eigenvalue weighted by Crippen LogP contribution is 2.40. The minimum atomic E-state index is 0.0656. The molecular formula is C16H22N2O. The molecule has 1 N–H and O–H groups in total. The summed E-state index contributed by atoms with van der Waals surface area (Å²) in [6, 6.07) is 8.15.